The van der Waals surface area contributed by atoms with Crippen molar-refractivity contribution in [2.45, 2.75) is 0 Å². The van der Waals surface area contributed by atoms with E-state index in [2.05, 4.69) is 34.5 Å². The van der Waals surface area contributed by atoms with Crippen LogP contribution in [0.4, 0.5) is 11.6 Å². The smallest absolute Gasteiger partial charge is 0.186 e. The molecule has 5 nitrogen and oxygen atoms in total. The summed E-state index contributed by atoms with van der Waals surface area (Å²) in [4.78, 5) is 0. The first-order chi connectivity index (χ1) is 13.8. The first kappa shape index (κ1) is 16.7. The molecule has 0 amide bonds. The monoisotopic (exact) mass is 383 g/mol. The number of fused-ring (bicyclic) bond motifs is 1. The molecule has 1 aliphatic heterocycles. The summed E-state index contributed by atoms with van der Waals surface area (Å²) >= 11 is 0. The lowest BCUT2D eigenvalue weighted by molar-refractivity contribution is 1.09. The number of nitrogens with one attached hydrogen (secondary N) is 1. The Hall–Kier alpha value is -3.43. The minimum atomic E-state index is -2.46. The van der Waals surface area contributed by atoms with E-state index in [1.54, 1.807) is 0 Å². The van der Waals surface area contributed by atoms with Gasteiger partial charge in [0.05, 0.1) is 11.3 Å². The average Bonchev–Trinajstić information content (AvgIpc) is 3.15. The maximum atomic E-state index is 6.21. The highest BCUT2D eigenvalue weighted by Crippen LogP contribution is 2.55. The fourth-order valence-electron chi connectivity index (χ4n) is 3.46. The number of aromatic nitrogens is 2. The summed E-state index contributed by atoms with van der Waals surface area (Å²) in [5.41, 5.74) is 8.81. The van der Waals surface area contributed by atoms with E-state index in [1.165, 1.54) is 0 Å². The molecule has 3 N–H and O–H groups in total. The Bertz CT molecular complexity index is 1170. The Balaban J connectivity index is 1.90. The topological polar surface area (TPSA) is 79.4 Å². The van der Waals surface area contributed by atoms with E-state index in [4.69, 9.17) is 15.2 Å². The van der Waals surface area contributed by atoms with Crippen molar-refractivity contribution in [3.63, 3.8) is 0 Å². The van der Waals surface area contributed by atoms with Crippen LogP contribution < -0.4 is 16.3 Å². The zero-order valence-corrected chi connectivity index (χ0v) is 15.9. The fraction of sp³-hybridized carbons (Fsp3) is 0. The molecule has 6 heteroatoms. The molecule has 3 aromatic carbocycles. The summed E-state index contributed by atoms with van der Waals surface area (Å²) < 4.78 is 10.4. The molecule has 0 spiro atoms. The van der Waals surface area contributed by atoms with Crippen molar-refractivity contribution in [2.75, 3.05) is 5.73 Å². The Labute approximate surface area is 163 Å². The van der Waals surface area contributed by atoms with E-state index >= 15 is 0 Å². The number of nitrogens with zero attached hydrogens (tertiary/aromatic N) is 3. The van der Waals surface area contributed by atoms with Crippen LogP contribution in [0.2, 0.25) is 0 Å². The lowest BCUT2D eigenvalue weighted by Crippen LogP contribution is -2.19. The Morgan fingerprint density at radius 1 is 0.714 bits per heavy atom. The first-order valence-corrected chi connectivity index (χ1v) is 10.7. The van der Waals surface area contributed by atoms with Gasteiger partial charge in [-0.2, -0.15) is 5.10 Å². The van der Waals surface area contributed by atoms with Gasteiger partial charge in [0.25, 0.3) is 0 Å². The summed E-state index contributed by atoms with van der Waals surface area (Å²) in [6.07, 6.45) is 0. The third kappa shape index (κ3) is 2.60. The van der Waals surface area contributed by atoms with Gasteiger partial charge in [-0.1, -0.05) is 91.0 Å². The minimum Gasteiger partial charge on any atom is -0.383 e. The van der Waals surface area contributed by atoms with E-state index in [9.17, 15) is 0 Å². The van der Waals surface area contributed by atoms with Crippen LogP contribution in [-0.2, 0) is 0 Å². The molecular weight excluding hydrogens is 365 g/mol. The first-order valence-electron chi connectivity index (χ1n) is 9.01. The molecule has 0 unspecified atom stereocenters. The zero-order valence-electron chi connectivity index (χ0n) is 15.0. The van der Waals surface area contributed by atoms with Crippen molar-refractivity contribution in [1.29, 1.82) is 0 Å². The Morgan fingerprint density at radius 2 is 1.25 bits per heavy atom. The third-order valence-corrected chi connectivity index (χ3v) is 7.78. The van der Waals surface area contributed by atoms with Gasteiger partial charge in [-0.25, -0.2) is 9.51 Å². The predicted molar refractivity (Wildman–Crippen MR) is 116 cm³/mol. The quantitative estimate of drug-likeness (QED) is 0.519. The van der Waals surface area contributed by atoms with Gasteiger partial charge in [0.15, 0.2) is 5.82 Å². The number of aromatic amines is 1. The van der Waals surface area contributed by atoms with Crippen molar-refractivity contribution in [3.8, 4) is 0 Å². The molecule has 1 aromatic heterocycles. The molecule has 2 heterocycles. The van der Waals surface area contributed by atoms with Gasteiger partial charge in [-0.05, 0) is 0 Å². The highest BCUT2D eigenvalue weighted by atomic mass is 31.2. The van der Waals surface area contributed by atoms with Crippen LogP contribution in [0.5, 0.6) is 0 Å². The molecule has 0 saturated carbocycles. The lowest BCUT2D eigenvalue weighted by Gasteiger charge is -2.26. The largest absolute Gasteiger partial charge is 0.383 e. The van der Waals surface area contributed by atoms with E-state index in [-0.39, 0.29) is 0 Å². The van der Waals surface area contributed by atoms with Crippen LogP contribution in [-0.4, -0.2) is 15.9 Å². The fourth-order valence-corrected chi connectivity index (χ4v) is 6.36. The van der Waals surface area contributed by atoms with Crippen LogP contribution in [0.1, 0.15) is 11.1 Å². The van der Waals surface area contributed by atoms with Gasteiger partial charge in [0.1, 0.15) is 13.0 Å². The maximum absolute atomic E-state index is 6.21. The minimum absolute atomic E-state index is 0.486. The maximum Gasteiger partial charge on any atom is 0.186 e. The number of H-pyrrole nitrogens is 1. The number of hydrogen-bond donors (Lipinski definition) is 2. The van der Waals surface area contributed by atoms with E-state index in [0.717, 1.165) is 27.4 Å². The molecule has 0 bridgehead atoms. The highest BCUT2D eigenvalue weighted by Gasteiger charge is 2.33. The second-order valence-electron chi connectivity index (χ2n) is 6.52. The number of hydrogen-bond acceptors (Lipinski definition) is 4. The SMILES string of the molecule is Nc1[nH]nc2c1C(c1ccccc1)=NP(c1ccccc1)(c1ccccc1)=N2. The molecule has 5 rings (SSSR count). The summed E-state index contributed by atoms with van der Waals surface area (Å²) in [6, 6.07) is 30.6. The molecule has 28 heavy (non-hydrogen) atoms. The van der Waals surface area contributed by atoms with E-state index < -0.39 is 7.21 Å². The van der Waals surface area contributed by atoms with Gasteiger partial charge in [0.2, 0.25) is 0 Å². The third-order valence-electron chi connectivity index (χ3n) is 4.78. The molecule has 0 saturated heterocycles. The van der Waals surface area contributed by atoms with Crippen LogP contribution in [0.25, 0.3) is 0 Å². The van der Waals surface area contributed by atoms with Crippen LogP contribution in [0, 0.1) is 0 Å². The van der Waals surface area contributed by atoms with E-state index in [1.807, 2.05) is 66.7 Å². The van der Waals surface area contributed by atoms with Gasteiger partial charge in [0, 0.05) is 16.2 Å². The summed E-state index contributed by atoms with van der Waals surface area (Å²) in [5.74, 6) is 1.10. The Morgan fingerprint density at radius 3 is 1.82 bits per heavy atom. The molecular formula is C22H18N5P. The molecule has 0 aliphatic carbocycles. The van der Waals surface area contributed by atoms with Crippen LogP contribution in [0.3, 0.4) is 0 Å². The Kier molecular flexibility index (Phi) is 3.96. The number of nitrogen functional groups attached to an aromatic ring is 1. The standard InChI is InChI=1S/C22H18N5P/c23-21-19-20(16-10-4-1-5-11-16)26-28(27-22(19)25-24-21,17-12-6-2-7-13-17)18-14-8-3-9-15-18/h1-15H,(H3,23,24,25). The van der Waals surface area contributed by atoms with Gasteiger partial charge >= 0.3 is 0 Å². The van der Waals surface area contributed by atoms with Gasteiger partial charge < -0.3 is 5.73 Å². The zero-order chi connectivity index (χ0) is 19.0. The summed E-state index contributed by atoms with van der Waals surface area (Å²) in [5, 5.41) is 9.47. The van der Waals surface area contributed by atoms with E-state index in [0.29, 0.717) is 11.6 Å². The van der Waals surface area contributed by atoms with Crippen molar-refractivity contribution in [3.05, 3.63) is 102 Å². The predicted octanol–water partition coefficient (Wildman–Crippen LogP) is 4.24. The summed E-state index contributed by atoms with van der Waals surface area (Å²) in [6.45, 7) is 0. The van der Waals surface area contributed by atoms with Crippen molar-refractivity contribution < 1.29 is 0 Å². The molecule has 136 valence electrons. The van der Waals surface area contributed by atoms with Gasteiger partial charge in [-0.15, -0.1) is 0 Å². The molecule has 0 radical (unpaired) electrons. The molecule has 4 aromatic rings. The van der Waals surface area contributed by atoms with Gasteiger partial charge in [-0.3, -0.25) is 5.10 Å². The highest BCUT2D eigenvalue weighted by molar-refractivity contribution is 7.80. The number of benzene rings is 3. The molecule has 1 aliphatic rings. The molecule has 0 atom stereocenters. The van der Waals surface area contributed by atoms with Crippen molar-refractivity contribution in [1.82, 2.24) is 10.2 Å². The number of nitrogens with two attached hydrogens (primary N) is 1. The van der Waals surface area contributed by atoms with Crippen LogP contribution in [0.15, 0.2) is 101 Å². The normalized spacial score (nSPS) is 14.6. The second kappa shape index (κ2) is 6.63. The lowest BCUT2D eigenvalue weighted by atomic mass is 10.0. The number of anilines is 1. The molecule has 0 fully saturated rings. The van der Waals surface area contributed by atoms with Crippen molar-refractivity contribution in [2.24, 2.45) is 9.51 Å². The average molecular weight is 383 g/mol. The second-order valence-corrected chi connectivity index (χ2v) is 9.16. The van der Waals surface area contributed by atoms with Crippen molar-refractivity contribution >= 4 is 35.2 Å². The summed E-state index contributed by atoms with van der Waals surface area (Å²) in [7, 11) is -2.46. The number of rotatable bonds is 3. The van der Waals surface area contributed by atoms with Crippen LogP contribution >= 0.6 is 7.21 Å².